The molecule has 2 aromatic rings. The molecule has 29 heavy (non-hydrogen) atoms. The number of hydrogen-bond donors (Lipinski definition) is 0. The summed E-state index contributed by atoms with van der Waals surface area (Å²) < 4.78 is 16.4. The molecular weight excluding hydrogens is 370 g/mol. The zero-order valence-electron chi connectivity index (χ0n) is 16.0. The second-order valence-corrected chi connectivity index (χ2v) is 6.67. The van der Waals surface area contributed by atoms with Gasteiger partial charge >= 0.3 is 12.1 Å². The third-order valence-electron chi connectivity index (χ3n) is 4.60. The van der Waals surface area contributed by atoms with E-state index in [0.717, 1.165) is 11.1 Å². The Labute approximate surface area is 170 Å². The van der Waals surface area contributed by atoms with Crippen LogP contribution in [0.1, 0.15) is 17.5 Å². The molecule has 6 nitrogen and oxygen atoms in total. The van der Waals surface area contributed by atoms with Gasteiger partial charge in [0.1, 0.15) is 25.9 Å². The molecule has 0 unspecified atom stereocenters. The minimum Gasteiger partial charge on any atom is -0.459 e. The molecular formula is C23H23NO5. The predicted octanol–water partition coefficient (Wildman–Crippen LogP) is 3.16. The Morgan fingerprint density at radius 1 is 0.966 bits per heavy atom. The number of rotatable bonds is 7. The van der Waals surface area contributed by atoms with Crippen molar-refractivity contribution in [2.75, 3.05) is 13.2 Å². The highest BCUT2D eigenvalue weighted by Crippen LogP contribution is 2.23. The fraction of sp³-hybridized carbons (Fsp3) is 0.304. The zero-order valence-corrected chi connectivity index (χ0v) is 16.0. The summed E-state index contributed by atoms with van der Waals surface area (Å²) in [6.07, 6.45) is 4.64. The van der Waals surface area contributed by atoms with E-state index in [2.05, 4.69) is 5.92 Å². The number of hydrogen-bond acceptors (Lipinski definition) is 5. The molecule has 0 spiro atoms. The highest BCUT2D eigenvalue weighted by Gasteiger charge is 2.42. The Hall–Kier alpha value is -3.30. The lowest BCUT2D eigenvalue weighted by molar-refractivity contribution is -0.150. The number of esters is 1. The smallest absolute Gasteiger partial charge is 0.410 e. The van der Waals surface area contributed by atoms with Crippen LogP contribution >= 0.6 is 0 Å². The van der Waals surface area contributed by atoms with Crippen LogP contribution in [-0.2, 0) is 32.2 Å². The Bertz CT molecular complexity index is 783. The van der Waals surface area contributed by atoms with Crippen molar-refractivity contribution in [3.05, 3.63) is 71.8 Å². The number of nitrogens with zero attached hydrogens (tertiary/aromatic N) is 1. The predicted molar refractivity (Wildman–Crippen MR) is 107 cm³/mol. The van der Waals surface area contributed by atoms with E-state index < -0.39 is 18.1 Å². The van der Waals surface area contributed by atoms with E-state index in [1.807, 2.05) is 60.7 Å². The van der Waals surface area contributed by atoms with Gasteiger partial charge in [-0.05, 0) is 11.1 Å². The van der Waals surface area contributed by atoms with Gasteiger partial charge in [0, 0.05) is 6.42 Å². The summed E-state index contributed by atoms with van der Waals surface area (Å²) in [5, 5.41) is 0. The van der Waals surface area contributed by atoms with Crippen LogP contribution in [0.3, 0.4) is 0 Å². The number of amides is 1. The van der Waals surface area contributed by atoms with Gasteiger partial charge in [-0.3, -0.25) is 4.90 Å². The fourth-order valence-corrected chi connectivity index (χ4v) is 3.14. The standard InChI is InChI=1S/C23H23NO5/c1-2-13-27-20-14-21(22(25)28-16-18-9-5-3-6-10-18)24(15-20)23(26)29-17-19-11-7-4-8-12-19/h1,3-12,20-21H,13-17H2/t20-,21+/m1/s1. The molecule has 0 saturated carbocycles. The number of ether oxygens (including phenoxy) is 3. The van der Waals surface area contributed by atoms with E-state index in [1.54, 1.807) is 0 Å². The van der Waals surface area contributed by atoms with Crippen LogP contribution in [0.5, 0.6) is 0 Å². The summed E-state index contributed by atoms with van der Waals surface area (Å²) in [6, 6.07) is 17.9. The molecule has 0 bridgehead atoms. The monoisotopic (exact) mass is 393 g/mol. The molecule has 1 heterocycles. The summed E-state index contributed by atoms with van der Waals surface area (Å²) in [5.41, 5.74) is 1.74. The van der Waals surface area contributed by atoms with Crippen molar-refractivity contribution in [1.29, 1.82) is 0 Å². The highest BCUT2D eigenvalue weighted by molar-refractivity contribution is 5.82. The van der Waals surface area contributed by atoms with Crippen LogP contribution in [0.25, 0.3) is 0 Å². The van der Waals surface area contributed by atoms with Crippen molar-refractivity contribution >= 4 is 12.1 Å². The molecule has 2 aromatic carbocycles. The van der Waals surface area contributed by atoms with Gasteiger partial charge in [0.15, 0.2) is 0 Å². The number of benzene rings is 2. The molecule has 0 N–H and O–H groups in total. The van der Waals surface area contributed by atoms with Crippen LogP contribution in [0.2, 0.25) is 0 Å². The van der Waals surface area contributed by atoms with Crippen molar-refractivity contribution < 1.29 is 23.8 Å². The maximum atomic E-state index is 12.7. The van der Waals surface area contributed by atoms with E-state index in [0.29, 0.717) is 6.42 Å². The van der Waals surface area contributed by atoms with Gasteiger partial charge in [-0.2, -0.15) is 0 Å². The van der Waals surface area contributed by atoms with Crippen molar-refractivity contribution in [3.8, 4) is 12.3 Å². The van der Waals surface area contributed by atoms with E-state index in [1.165, 1.54) is 4.90 Å². The largest absolute Gasteiger partial charge is 0.459 e. The maximum absolute atomic E-state index is 12.7. The van der Waals surface area contributed by atoms with Crippen molar-refractivity contribution in [1.82, 2.24) is 4.90 Å². The van der Waals surface area contributed by atoms with Crippen LogP contribution < -0.4 is 0 Å². The van der Waals surface area contributed by atoms with Gasteiger partial charge in [0.25, 0.3) is 0 Å². The maximum Gasteiger partial charge on any atom is 0.410 e. The van der Waals surface area contributed by atoms with E-state index in [4.69, 9.17) is 20.6 Å². The van der Waals surface area contributed by atoms with Crippen LogP contribution in [0.15, 0.2) is 60.7 Å². The first kappa shape index (κ1) is 20.4. The lowest BCUT2D eigenvalue weighted by Crippen LogP contribution is -2.41. The summed E-state index contributed by atoms with van der Waals surface area (Å²) in [4.78, 5) is 26.6. The molecule has 1 fully saturated rings. The molecule has 1 aliphatic rings. The Morgan fingerprint density at radius 2 is 1.55 bits per heavy atom. The summed E-state index contributed by atoms with van der Waals surface area (Å²) in [5.74, 6) is 1.91. The third-order valence-corrected chi connectivity index (χ3v) is 4.60. The zero-order chi connectivity index (χ0) is 20.5. The van der Waals surface area contributed by atoms with Crippen LogP contribution in [0, 0.1) is 12.3 Å². The first-order valence-electron chi connectivity index (χ1n) is 9.40. The van der Waals surface area contributed by atoms with Crippen molar-refractivity contribution in [2.45, 2.75) is 31.8 Å². The van der Waals surface area contributed by atoms with Gasteiger partial charge in [-0.1, -0.05) is 66.6 Å². The summed E-state index contributed by atoms with van der Waals surface area (Å²) in [6.45, 7) is 0.598. The first-order valence-corrected chi connectivity index (χ1v) is 9.40. The van der Waals surface area contributed by atoms with Crippen LogP contribution in [0.4, 0.5) is 4.79 Å². The second kappa shape index (κ2) is 10.3. The number of likely N-dealkylation sites (tertiary alicyclic amines) is 1. The highest BCUT2D eigenvalue weighted by atomic mass is 16.6. The lowest BCUT2D eigenvalue weighted by atomic mass is 10.2. The fourth-order valence-electron chi connectivity index (χ4n) is 3.14. The first-order chi connectivity index (χ1) is 14.2. The minimum atomic E-state index is -0.773. The average Bonchev–Trinajstić information content (AvgIpc) is 3.20. The molecule has 1 saturated heterocycles. The molecule has 150 valence electrons. The van der Waals surface area contributed by atoms with Gasteiger partial charge in [-0.15, -0.1) is 6.42 Å². The van der Waals surface area contributed by atoms with Gasteiger partial charge in [0.2, 0.25) is 0 Å². The number of carbonyl (C=O) groups excluding carboxylic acids is 2. The Balaban J connectivity index is 1.62. The molecule has 3 rings (SSSR count). The minimum absolute atomic E-state index is 0.114. The van der Waals surface area contributed by atoms with Crippen molar-refractivity contribution in [3.63, 3.8) is 0 Å². The second-order valence-electron chi connectivity index (χ2n) is 6.67. The summed E-state index contributed by atoms with van der Waals surface area (Å²) in [7, 11) is 0. The lowest BCUT2D eigenvalue weighted by Gasteiger charge is -2.22. The van der Waals surface area contributed by atoms with E-state index >= 15 is 0 Å². The van der Waals surface area contributed by atoms with Gasteiger partial charge in [0.05, 0.1) is 12.6 Å². The Kier molecular flexibility index (Phi) is 7.26. The van der Waals surface area contributed by atoms with Crippen molar-refractivity contribution in [2.24, 2.45) is 0 Å². The average molecular weight is 393 g/mol. The molecule has 1 amide bonds. The molecule has 1 aliphatic heterocycles. The van der Waals surface area contributed by atoms with Gasteiger partial charge in [-0.25, -0.2) is 9.59 Å². The molecule has 0 aliphatic carbocycles. The number of terminal acetylenes is 1. The molecule has 0 radical (unpaired) electrons. The van der Waals surface area contributed by atoms with E-state index in [-0.39, 0.29) is 32.5 Å². The Morgan fingerprint density at radius 3 is 2.14 bits per heavy atom. The quantitative estimate of drug-likeness (QED) is 0.534. The molecule has 0 aromatic heterocycles. The third kappa shape index (κ3) is 5.84. The molecule has 2 atom stereocenters. The SMILES string of the molecule is C#CCO[C@@H]1C[C@@H](C(=O)OCc2ccccc2)N(C(=O)OCc2ccccc2)C1. The molecule has 6 heteroatoms. The van der Waals surface area contributed by atoms with E-state index in [9.17, 15) is 9.59 Å². The summed E-state index contributed by atoms with van der Waals surface area (Å²) >= 11 is 0. The van der Waals surface area contributed by atoms with Crippen LogP contribution in [-0.4, -0.2) is 42.3 Å². The number of carbonyl (C=O) groups is 2. The topological polar surface area (TPSA) is 65.1 Å². The van der Waals surface area contributed by atoms with Gasteiger partial charge < -0.3 is 14.2 Å². The normalized spacial score (nSPS) is 18.1.